The van der Waals surface area contributed by atoms with Crippen LogP contribution in [0.2, 0.25) is 0 Å². The number of aromatic nitrogens is 4. The Morgan fingerprint density at radius 2 is 1.61 bits per heavy atom. The number of likely N-dealkylation sites (N-methyl/N-ethyl adjacent to an activating group) is 1. The zero-order chi connectivity index (χ0) is 21.5. The van der Waals surface area contributed by atoms with Crippen molar-refractivity contribution in [3.05, 3.63) is 60.2 Å². The summed E-state index contributed by atoms with van der Waals surface area (Å²) in [4.78, 5) is 13.7. The fourth-order valence-electron chi connectivity index (χ4n) is 3.80. The first kappa shape index (κ1) is 19.4. The van der Waals surface area contributed by atoms with Gasteiger partial charge in [-0.2, -0.15) is 4.98 Å². The van der Waals surface area contributed by atoms with E-state index in [0.29, 0.717) is 33.9 Å². The maximum Gasteiger partial charge on any atom is 0.228 e. The fraction of sp³-hybridized carbons (Fsp3) is 0.227. The van der Waals surface area contributed by atoms with Crippen molar-refractivity contribution in [1.29, 1.82) is 0 Å². The molecule has 5 rings (SSSR count). The van der Waals surface area contributed by atoms with Crippen LogP contribution in [-0.4, -0.2) is 57.9 Å². The molecule has 158 valence electrons. The lowest BCUT2D eigenvalue weighted by molar-refractivity contribution is 0.311. The number of hydrogen-bond acceptors (Lipinski definition) is 6. The zero-order valence-corrected chi connectivity index (χ0v) is 17.0. The Hall–Kier alpha value is -3.59. The number of nitrogen functional groups attached to an aromatic ring is 1. The van der Waals surface area contributed by atoms with Crippen molar-refractivity contribution in [3.63, 3.8) is 0 Å². The van der Waals surface area contributed by atoms with E-state index in [0.717, 1.165) is 26.2 Å². The average molecular weight is 421 g/mol. The molecule has 0 bridgehead atoms. The van der Waals surface area contributed by atoms with E-state index in [1.165, 1.54) is 28.9 Å². The summed E-state index contributed by atoms with van der Waals surface area (Å²) in [6, 6.07) is 12.2. The number of benzene rings is 2. The largest absolute Gasteiger partial charge is 0.383 e. The van der Waals surface area contributed by atoms with Crippen LogP contribution in [-0.2, 0) is 0 Å². The smallest absolute Gasteiger partial charge is 0.228 e. The molecular weight excluding hydrogens is 400 g/mol. The van der Waals surface area contributed by atoms with Crippen molar-refractivity contribution in [2.45, 2.75) is 0 Å². The number of piperazine rings is 1. The molecule has 9 heteroatoms. The molecule has 3 heterocycles. The second-order valence-corrected chi connectivity index (χ2v) is 7.65. The number of nitrogens with zero attached hydrogens (tertiary/aromatic N) is 6. The minimum atomic E-state index is -0.397. The van der Waals surface area contributed by atoms with Gasteiger partial charge in [-0.25, -0.2) is 18.4 Å². The van der Waals surface area contributed by atoms with Gasteiger partial charge in [0.15, 0.2) is 5.65 Å². The molecule has 4 aromatic rings. The predicted octanol–water partition coefficient (Wildman–Crippen LogP) is 3.09. The van der Waals surface area contributed by atoms with E-state index >= 15 is 0 Å². The van der Waals surface area contributed by atoms with Gasteiger partial charge in [0.05, 0.1) is 16.8 Å². The van der Waals surface area contributed by atoms with Crippen molar-refractivity contribution in [3.8, 4) is 16.9 Å². The molecule has 0 unspecified atom stereocenters. The number of fused-ring (bicyclic) bond motifs is 1. The third-order valence-electron chi connectivity index (χ3n) is 5.49. The molecule has 31 heavy (non-hydrogen) atoms. The van der Waals surface area contributed by atoms with Crippen molar-refractivity contribution >= 4 is 22.8 Å². The minimum Gasteiger partial charge on any atom is -0.383 e. The van der Waals surface area contributed by atoms with Gasteiger partial charge in [0.25, 0.3) is 0 Å². The summed E-state index contributed by atoms with van der Waals surface area (Å²) in [5.41, 5.74) is 8.36. The lowest BCUT2D eigenvalue weighted by atomic mass is 10.1. The molecule has 1 saturated heterocycles. The van der Waals surface area contributed by atoms with Gasteiger partial charge < -0.3 is 15.5 Å². The Morgan fingerprint density at radius 1 is 0.903 bits per heavy atom. The van der Waals surface area contributed by atoms with Gasteiger partial charge in [-0.15, -0.1) is 5.10 Å². The number of halogens is 2. The van der Waals surface area contributed by atoms with Gasteiger partial charge in [0, 0.05) is 31.7 Å². The molecule has 1 aliphatic heterocycles. The van der Waals surface area contributed by atoms with E-state index in [9.17, 15) is 8.78 Å². The quantitative estimate of drug-likeness (QED) is 0.548. The normalized spacial score (nSPS) is 15.0. The van der Waals surface area contributed by atoms with Crippen molar-refractivity contribution in [2.75, 3.05) is 43.9 Å². The zero-order valence-electron chi connectivity index (χ0n) is 17.0. The van der Waals surface area contributed by atoms with E-state index in [1.807, 2.05) is 0 Å². The highest BCUT2D eigenvalue weighted by atomic mass is 19.1. The van der Waals surface area contributed by atoms with E-state index in [1.54, 1.807) is 24.3 Å². The third-order valence-corrected chi connectivity index (χ3v) is 5.49. The molecule has 2 aromatic carbocycles. The standard InChI is InChI=1S/C22H21F2N7/c1-29-8-10-30(11-9-29)22-26-19(14-4-2-5-15(23)12-14)18-20(25)31(28-21(18)27-22)17-7-3-6-16(24)13-17/h2-7,12-13H,8-11,25H2,1H3. The third kappa shape index (κ3) is 3.57. The van der Waals surface area contributed by atoms with Gasteiger partial charge in [-0.1, -0.05) is 18.2 Å². The molecule has 0 atom stereocenters. The van der Waals surface area contributed by atoms with Crippen molar-refractivity contribution in [1.82, 2.24) is 24.6 Å². The topological polar surface area (TPSA) is 76.1 Å². The van der Waals surface area contributed by atoms with Crippen LogP contribution < -0.4 is 10.6 Å². The first-order valence-electron chi connectivity index (χ1n) is 10.0. The fourth-order valence-corrected chi connectivity index (χ4v) is 3.80. The van der Waals surface area contributed by atoms with Crippen LogP contribution in [0.4, 0.5) is 20.5 Å². The molecule has 7 nitrogen and oxygen atoms in total. The molecule has 0 radical (unpaired) electrons. The number of nitrogens with two attached hydrogens (primary N) is 1. The second kappa shape index (κ2) is 7.59. The molecule has 1 fully saturated rings. The van der Waals surface area contributed by atoms with E-state index < -0.39 is 5.82 Å². The highest BCUT2D eigenvalue weighted by Gasteiger charge is 2.23. The van der Waals surface area contributed by atoms with Crippen LogP contribution in [0.1, 0.15) is 0 Å². The Labute approximate surface area is 177 Å². The molecule has 2 N–H and O–H groups in total. The highest BCUT2D eigenvalue weighted by Crippen LogP contribution is 2.34. The van der Waals surface area contributed by atoms with Crippen LogP contribution in [0.25, 0.3) is 28.0 Å². The SMILES string of the molecule is CN1CCN(c2nc(-c3cccc(F)c3)c3c(N)n(-c4cccc(F)c4)nc3n2)CC1. The van der Waals surface area contributed by atoms with E-state index in [2.05, 4.69) is 26.9 Å². The summed E-state index contributed by atoms with van der Waals surface area (Å²) in [7, 11) is 2.07. The molecule has 0 amide bonds. The summed E-state index contributed by atoms with van der Waals surface area (Å²) >= 11 is 0. The molecule has 2 aromatic heterocycles. The first-order valence-corrected chi connectivity index (χ1v) is 10.0. The van der Waals surface area contributed by atoms with Gasteiger partial charge in [-0.05, 0) is 37.4 Å². The molecule has 1 aliphatic rings. The summed E-state index contributed by atoms with van der Waals surface area (Å²) in [5.74, 6) is 0.0149. The lowest BCUT2D eigenvalue weighted by Gasteiger charge is -2.32. The monoisotopic (exact) mass is 421 g/mol. The highest BCUT2D eigenvalue weighted by molar-refractivity contribution is 5.99. The molecule has 0 spiro atoms. The van der Waals surface area contributed by atoms with Crippen LogP contribution in [0, 0.1) is 11.6 Å². The van der Waals surface area contributed by atoms with Crippen molar-refractivity contribution in [2.24, 2.45) is 0 Å². The van der Waals surface area contributed by atoms with Gasteiger partial charge in [0.1, 0.15) is 17.5 Å². The summed E-state index contributed by atoms with van der Waals surface area (Å²) in [6.07, 6.45) is 0. The Kier molecular flexibility index (Phi) is 4.74. The lowest BCUT2D eigenvalue weighted by Crippen LogP contribution is -2.45. The second-order valence-electron chi connectivity index (χ2n) is 7.65. The van der Waals surface area contributed by atoms with Crippen molar-refractivity contribution < 1.29 is 8.78 Å². The number of hydrogen-bond donors (Lipinski definition) is 1. The molecule has 0 aliphatic carbocycles. The minimum absolute atomic E-state index is 0.268. The summed E-state index contributed by atoms with van der Waals surface area (Å²) < 4.78 is 29.3. The maximum atomic E-state index is 14.0. The van der Waals surface area contributed by atoms with Crippen LogP contribution in [0.15, 0.2) is 48.5 Å². The number of anilines is 2. The van der Waals surface area contributed by atoms with Crippen LogP contribution in [0.5, 0.6) is 0 Å². The summed E-state index contributed by atoms with van der Waals surface area (Å²) in [6.45, 7) is 3.31. The van der Waals surface area contributed by atoms with Crippen LogP contribution >= 0.6 is 0 Å². The predicted molar refractivity (Wildman–Crippen MR) is 116 cm³/mol. The number of rotatable bonds is 3. The molecular formula is C22H21F2N7. The van der Waals surface area contributed by atoms with E-state index in [4.69, 9.17) is 10.7 Å². The van der Waals surface area contributed by atoms with Crippen LogP contribution in [0.3, 0.4) is 0 Å². The van der Waals surface area contributed by atoms with E-state index in [-0.39, 0.29) is 11.6 Å². The average Bonchev–Trinajstić information content (AvgIpc) is 3.10. The molecule has 0 saturated carbocycles. The maximum absolute atomic E-state index is 14.0. The van der Waals surface area contributed by atoms with Gasteiger partial charge >= 0.3 is 0 Å². The Morgan fingerprint density at radius 3 is 2.32 bits per heavy atom. The van der Waals surface area contributed by atoms with Gasteiger partial charge in [0.2, 0.25) is 5.95 Å². The Bertz CT molecular complexity index is 1260. The van der Waals surface area contributed by atoms with Gasteiger partial charge in [-0.3, -0.25) is 0 Å². The summed E-state index contributed by atoms with van der Waals surface area (Å²) in [5, 5.41) is 5.05. The Balaban J connectivity index is 1.73. The first-order chi connectivity index (χ1) is 15.0.